The second-order valence-electron chi connectivity index (χ2n) is 14.1. The molecule has 3 aromatic rings. The zero-order valence-electron chi connectivity index (χ0n) is 26.3. The van der Waals surface area contributed by atoms with Crippen molar-refractivity contribution in [2.75, 3.05) is 31.6 Å². The molecule has 2 aliphatic heterocycles. The number of benzene rings is 1. The number of likely N-dealkylation sites (tertiary alicyclic amines) is 1. The first-order chi connectivity index (χ1) is 20.3. The van der Waals surface area contributed by atoms with Gasteiger partial charge in [0.25, 0.3) is 0 Å². The number of aromatic amines is 1. The number of carbonyl (C=O) groups excluding carboxylic acids is 2. The summed E-state index contributed by atoms with van der Waals surface area (Å²) in [7, 11) is 1.92. The number of aryl methyl sites for hydroxylation is 1. The van der Waals surface area contributed by atoms with E-state index < -0.39 is 0 Å². The number of fused-ring (bicyclic) bond motifs is 1. The summed E-state index contributed by atoms with van der Waals surface area (Å²) in [4.78, 5) is 28.9. The van der Waals surface area contributed by atoms with Crippen LogP contribution in [0.5, 0.6) is 0 Å². The number of nitrogens with zero attached hydrogens (tertiary/aromatic N) is 5. The van der Waals surface area contributed by atoms with Crippen LogP contribution < -0.4 is 10.2 Å². The normalized spacial score (nSPS) is 26.8. The molecule has 10 heteroatoms. The molecule has 6 rings (SSSR count). The van der Waals surface area contributed by atoms with Gasteiger partial charge in [0, 0.05) is 66.3 Å². The van der Waals surface area contributed by atoms with Gasteiger partial charge >= 0.3 is 0 Å². The number of H-pyrrole nitrogens is 1. The van der Waals surface area contributed by atoms with Gasteiger partial charge < -0.3 is 15.1 Å². The summed E-state index contributed by atoms with van der Waals surface area (Å²) in [5.74, 6) is 1.06. The predicted molar refractivity (Wildman–Crippen MR) is 171 cm³/mol. The molecule has 230 valence electrons. The smallest absolute Gasteiger partial charge is 0.243 e. The Bertz CT molecular complexity index is 1610. The van der Waals surface area contributed by atoms with Gasteiger partial charge in [-0.25, -0.2) is 0 Å². The quantitative estimate of drug-likeness (QED) is 0.324. The first-order valence-corrected chi connectivity index (χ1v) is 15.8. The summed E-state index contributed by atoms with van der Waals surface area (Å²) in [5, 5.41) is 17.7. The van der Waals surface area contributed by atoms with Gasteiger partial charge in [0.05, 0.1) is 22.8 Å². The number of amides is 2. The molecule has 0 radical (unpaired) electrons. The van der Waals surface area contributed by atoms with E-state index in [0.717, 1.165) is 89.3 Å². The van der Waals surface area contributed by atoms with E-state index in [2.05, 4.69) is 65.4 Å². The van der Waals surface area contributed by atoms with Crippen LogP contribution in [0.3, 0.4) is 0 Å². The molecule has 1 aliphatic carbocycles. The zero-order chi connectivity index (χ0) is 30.9. The topological polar surface area (TPSA) is 99.1 Å². The van der Waals surface area contributed by atoms with Crippen LogP contribution in [0.25, 0.3) is 22.0 Å². The van der Waals surface area contributed by atoms with Crippen molar-refractivity contribution >= 4 is 40.1 Å². The number of hydrogen-bond acceptors (Lipinski definition) is 5. The minimum absolute atomic E-state index is 0.00696. The van der Waals surface area contributed by atoms with Crippen molar-refractivity contribution in [1.82, 2.24) is 30.2 Å². The van der Waals surface area contributed by atoms with Crippen molar-refractivity contribution in [3.63, 3.8) is 0 Å². The number of nitrogens with one attached hydrogen (secondary N) is 2. The molecule has 1 unspecified atom stereocenters. The molecule has 3 aliphatic rings. The van der Waals surface area contributed by atoms with Crippen LogP contribution in [0.4, 0.5) is 5.82 Å². The predicted octanol–water partition coefficient (Wildman–Crippen LogP) is 5.96. The van der Waals surface area contributed by atoms with Crippen molar-refractivity contribution in [3.8, 4) is 11.1 Å². The first kappa shape index (κ1) is 29.7. The Labute approximate surface area is 259 Å². The molecule has 43 heavy (non-hydrogen) atoms. The summed E-state index contributed by atoms with van der Waals surface area (Å²) >= 11 is 7.15. The summed E-state index contributed by atoms with van der Waals surface area (Å²) in [6, 6.07) is 2.27. The van der Waals surface area contributed by atoms with Crippen LogP contribution in [-0.4, -0.2) is 68.9 Å². The SMILES string of the molecule is C=CC(=O)NCC1(CC)CC(n2nc(N3CCC4(CC(=O)N(C)C4)CC3(C)C)c(-c3c(Cl)c(C)cc4[nH]ncc34)c2C)C1. The van der Waals surface area contributed by atoms with E-state index in [-0.39, 0.29) is 34.2 Å². The minimum atomic E-state index is -0.225. The Kier molecular flexibility index (Phi) is 7.18. The van der Waals surface area contributed by atoms with Crippen LogP contribution in [0.2, 0.25) is 5.02 Å². The molecule has 9 nitrogen and oxygen atoms in total. The number of hydrogen-bond donors (Lipinski definition) is 2. The zero-order valence-corrected chi connectivity index (χ0v) is 27.1. The average Bonchev–Trinajstić information content (AvgIpc) is 3.59. The van der Waals surface area contributed by atoms with Crippen molar-refractivity contribution in [2.45, 2.75) is 84.7 Å². The second kappa shape index (κ2) is 10.4. The Balaban J connectivity index is 1.43. The third-order valence-corrected chi connectivity index (χ3v) is 11.2. The third-order valence-electron chi connectivity index (χ3n) is 10.7. The Morgan fingerprint density at radius 3 is 2.65 bits per heavy atom. The summed E-state index contributed by atoms with van der Waals surface area (Å²) in [6.45, 7) is 16.8. The highest BCUT2D eigenvalue weighted by molar-refractivity contribution is 6.36. The maximum Gasteiger partial charge on any atom is 0.243 e. The van der Waals surface area contributed by atoms with Crippen molar-refractivity contribution in [2.24, 2.45) is 10.8 Å². The minimum Gasteiger partial charge on any atom is -0.352 e. The first-order valence-electron chi connectivity index (χ1n) is 15.5. The van der Waals surface area contributed by atoms with Gasteiger partial charge in [-0.2, -0.15) is 10.2 Å². The van der Waals surface area contributed by atoms with Crippen molar-refractivity contribution < 1.29 is 9.59 Å². The van der Waals surface area contributed by atoms with E-state index in [1.54, 1.807) is 0 Å². The largest absolute Gasteiger partial charge is 0.352 e. The molecule has 1 saturated carbocycles. The molecule has 2 saturated heterocycles. The molecule has 3 fully saturated rings. The lowest BCUT2D eigenvalue weighted by atomic mass is 9.63. The summed E-state index contributed by atoms with van der Waals surface area (Å²) < 4.78 is 2.21. The van der Waals surface area contributed by atoms with Gasteiger partial charge in [-0.1, -0.05) is 25.1 Å². The molecular weight excluding hydrogens is 562 g/mol. The second-order valence-corrected chi connectivity index (χ2v) is 14.5. The Morgan fingerprint density at radius 1 is 1.28 bits per heavy atom. The number of aromatic nitrogens is 4. The van der Waals surface area contributed by atoms with Gasteiger partial charge in [-0.3, -0.25) is 19.4 Å². The van der Waals surface area contributed by atoms with Crippen LogP contribution in [0.1, 0.15) is 76.6 Å². The van der Waals surface area contributed by atoms with Crippen LogP contribution in [0.15, 0.2) is 24.9 Å². The lowest BCUT2D eigenvalue weighted by Crippen LogP contribution is -2.55. The molecule has 1 atom stereocenters. The van der Waals surface area contributed by atoms with E-state index in [1.807, 2.05) is 25.1 Å². The maximum atomic E-state index is 12.6. The summed E-state index contributed by atoms with van der Waals surface area (Å²) in [5.41, 5.74) is 4.85. The molecule has 1 aromatic carbocycles. The lowest BCUT2D eigenvalue weighted by Gasteiger charge is -2.50. The van der Waals surface area contributed by atoms with Crippen LogP contribution in [-0.2, 0) is 9.59 Å². The number of rotatable bonds is 7. The van der Waals surface area contributed by atoms with Gasteiger partial charge in [-0.05, 0) is 82.9 Å². The molecule has 0 bridgehead atoms. The highest BCUT2D eigenvalue weighted by Gasteiger charge is 2.51. The van der Waals surface area contributed by atoms with E-state index in [1.165, 1.54) is 6.08 Å². The molecule has 4 heterocycles. The maximum absolute atomic E-state index is 12.6. The standard InChI is InChI=1S/C33H44ClN7O2/c1-8-25(42)35-18-32(9-2)13-22(14-32)41-21(4)27(28-23-16-36-37-24(23)12-20(3)29(28)34)30(38-41)40-11-10-33(17-31(40,5)6)15-26(43)39(7)19-33/h8,12,16,22H,1,9-11,13-15,17-19H2,2-7H3,(H,35,42)(H,36,37). The number of halogens is 1. The van der Waals surface area contributed by atoms with Gasteiger partial charge in [-0.15, -0.1) is 0 Å². The van der Waals surface area contributed by atoms with Crippen LogP contribution >= 0.6 is 11.6 Å². The molecule has 2 N–H and O–H groups in total. The average molecular weight is 606 g/mol. The number of anilines is 1. The van der Waals surface area contributed by atoms with E-state index in [4.69, 9.17) is 16.7 Å². The van der Waals surface area contributed by atoms with E-state index >= 15 is 0 Å². The number of piperidine rings is 1. The molecule has 2 amide bonds. The van der Waals surface area contributed by atoms with E-state index in [9.17, 15) is 9.59 Å². The van der Waals surface area contributed by atoms with E-state index in [0.29, 0.717) is 13.0 Å². The van der Waals surface area contributed by atoms with Gasteiger partial charge in [0.15, 0.2) is 5.82 Å². The Morgan fingerprint density at radius 2 is 2.02 bits per heavy atom. The van der Waals surface area contributed by atoms with Crippen LogP contribution in [0, 0.1) is 24.7 Å². The number of carbonyl (C=O) groups is 2. The lowest BCUT2D eigenvalue weighted by molar-refractivity contribution is -0.126. The third kappa shape index (κ3) is 4.84. The fourth-order valence-corrected chi connectivity index (χ4v) is 8.59. The fraction of sp³-hybridized carbons (Fsp3) is 0.576. The van der Waals surface area contributed by atoms with Gasteiger partial charge in [0.2, 0.25) is 11.8 Å². The molecular formula is C33H44ClN7O2. The molecule has 2 aromatic heterocycles. The molecule has 1 spiro atoms. The highest BCUT2D eigenvalue weighted by Crippen LogP contribution is 2.54. The van der Waals surface area contributed by atoms with Crippen molar-refractivity contribution in [3.05, 3.63) is 41.2 Å². The Hall–Kier alpha value is -3.33. The van der Waals surface area contributed by atoms with Crippen molar-refractivity contribution in [1.29, 1.82) is 0 Å². The summed E-state index contributed by atoms with van der Waals surface area (Å²) in [6.07, 6.45) is 8.51. The van der Waals surface area contributed by atoms with Gasteiger partial charge in [0.1, 0.15) is 0 Å². The highest BCUT2D eigenvalue weighted by atomic mass is 35.5. The monoisotopic (exact) mass is 605 g/mol. The fourth-order valence-electron chi connectivity index (χ4n) is 8.34.